The normalized spacial score (nSPS) is 21.2. The first kappa shape index (κ1) is 23.4. The summed E-state index contributed by atoms with van der Waals surface area (Å²) in [5, 5.41) is 14.3. The molecular formula is C26H40N2O4. The summed E-state index contributed by atoms with van der Waals surface area (Å²) >= 11 is 0. The van der Waals surface area contributed by atoms with E-state index in [1.54, 1.807) is 0 Å². The van der Waals surface area contributed by atoms with Gasteiger partial charge in [-0.1, -0.05) is 32.3 Å². The number of amides is 1. The van der Waals surface area contributed by atoms with Gasteiger partial charge in [-0.2, -0.15) is 0 Å². The van der Waals surface area contributed by atoms with E-state index in [0.29, 0.717) is 37.7 Å². The molecule has 4 rings (SSSR count). The number of nitrogens with zero attached hydrogens (tertiary/aromatic N) is 1. The topological polar surface area (TPSA) is 71.0 Å². The molecule has 32 heavy (non-hydrogen) atoms. The van der Waals surface area contributed by atoms with Crippen LogP contribution in [-0.4, -0.2) is 54.8 Å². The number of unbranched alkanes of at least 4 members (excludes halogenated alkanes) is 2. The van der Waals surface area contributed by atoms with Gasteiger partial charge in [0.05, 0.1) is 6.04 Å². The minimum absolute atomic E-state index is 0.0426. The van der Waals surface area contributed by atoms with Crippen LogP contribution < -0.4 is 14.8 Å². The summed E-state index contributed by atoms with van der Waals surface area (Å²) in [6.07, 6.45) is 9.44. The first-order valence-electron chi connectivity index (χ1n) is 12.7. The first-order valence-corrected chi connectivity index (χ1v) is 12.7. The molecule has 3 atom stereocenters. The smallest absolute Gasteiger partial charge is 0.220 e. The van der Waals surface area contributed by atoms with E-state index in [9.17, 15) is 9.90 Å². The van der Waals surface area contributed by atoms with Crippen LogP contribution in [0.4, 0.5) is 0 Å². The Kier molecular flexibility index (Phi) is 8.31. The lowest BCUT2D eigenvalue weighted by molar-refractivity contribution is -0.123. The summed E-state index contributed by atoms with van der Waals surface area (Å²) in [4.78, 5) is 15.1. The zero-order chi connectivity index (χ0) is 22.3. The molecule has 1 unspecified atom stereocenters. The number of nitrogens with one attached hydrogen (secondary N) is 1. The van der Waals surface area contributed by atoms with E-state index in [2.05, 4.69) is 17.1 Å². The lowest BCUT2D eigenvalue weighted by atomic mass is 9.98. The Balaban J connectivity index is 1.29. The monoisotopic (exact) mass is 444 g/mol. The molecule has 0 bridgehead atoms. The second kappa shape index (κ2) is 11.4. The third kappa shape index (κ3) is 6.61. The number of aliphatic hydroxyl groups is 1. The van der Waals surface area contributed by atoms with Crippen molar-refractivity contribution in [1.29, 1.82) is 0 Å². The van der Waals surface area contributed by atoms with Gasteiger partial charge in [-0.15, -0.1) is 0 Å². The van der Waals surface area contributed by atoms with Crippen LogP contribution in [0.5, 0.6) is 11.5 Å². The number of carbonyl (C=O) groups is 1. The molecule has 0 spiro atoms. The summed E-state index contributed by atoms with van der Waals surface area (Å²) in [6, 6.07) is 5.24. The number of benzene rings is 1. The molecule has 6 nitrogen and oxygen atoms in total. The molecule has 0 radical (unpaired) electrons. The first-order chi connectivity index (χ1) is 15.6. The highest BCUT2D eigenvalue weighted by molar-refractivity contribution is 5.76. The van der Waals surface area contributed by atoms with Crippen molar-refractivity contribution >= 4 is 5.91 Å². The number of aliphatic hydroxyl groups excluding tert-OH is 1. The quantitative estimate of drug-likeness (QED) is 0.476. The Bertz CT molecular complexity index is 745. The zero-order valence-corrected chi connectivity index (χ0v) is 19.6. The highest BCUT2D eigenvalue weighted by atomic mass is 16.6. The summed E-state index contributed by atoms with van der Waals surface area (Å²) in [5.41, 5.74) is 0.757. The van der Waals surface area contributed by atoms with Gasteiger partial charge in [0.25, 0.3) is 0 Å². The fourth-order valence-corrected chi connectivity index (χ4v) is 5.05. The third-order valence-corrected chi connectivity index (χ3v) is 7.28. The standard InChI is InChI=1S/C26H40N2O4/c1-19(20-9-10-20)7-3-2-4-8-25(29)27-22(18-28-13-5-6-14-28)26(30)21-11-12-23-24(17-21)32-16-15-31-23/h11-12,17,19-20,22,26,30H,2-10,13-16,18H2,1H3,(H,27,29)/t19?,22-,26-/m1/s1. The Morgan fingerprint density at radius 1 is 1.12 bits per heavy atom. The second-order valence-electron chi connectivity index (χ2n) is 9.94. The molecule has 2 fully saturated rings. The van der Waals surface area contributed by atoms with E-state index in [0.717, 1.165) is 43.3 Å². The summed E-state index contributed by atoms with van der Waals surface area (Å²) in [5.74, 6) is 3.23. The van der Waals surface area contributed by atoms with Gasteiger partial charge >= 0.3 is 0 Å². The average molecular weight is 445 g/mol. The molecule has 6 heteroatoms. The maximum atomic E-state index is 12.7. The molecule has 1 aromatic carbocycles. The average Bonchev–Trinajstić information content (AvgIpc) is 3.54. The number of ether oxygens (including phenoxy) is 2. The van der Waals surface area contributed by atoms with Crippen molar-refractivity contribution in [2.75, 3.05) is 32.8 Å². The van der Waals surface area contributed by atoms with E-state index in [-0.39, 0.29) is 11.9 Å². The molecule has 1 amide bonds. The predicted molar refractivity (Wildman–Crippen MR) is 125 cm³/mol. The van der Waals surface area contributed by atoms with Crippen LogP contribution in [0.25, 0.3) is 0 Å². The van der Waals surface area contributed by atoms with Crippen molar-refractivity contribution in [2.24, 2.45) is 11.8 Å². The van der Waals surface area contributed by atoms with E-state index in [1.165, 1.54) is 38.5 Å². The molecule has 1 aromatic rings. The van der Waals surface area contributed by atoms with Crippen molar-refractivity contribution in [1.82, 2.24) is 10.2 Å². The molecule has 2 N–H and O–H groups in total. The van der Waals surface area contributed by atoms with E-state index >= 15 is 0 Å². The fourth-order valence-electron chi connectivity index (χ4n) is 5.05. The number of likely N-dealkylation sites (tertiary alicyclic amines) is 1. The number of hydrogen-bond donors (Lipinski definition) is 2. The Morgan fingerprint density at radius 3 is 2.62 bits per heavy atom. The fraction of sp³-hybridized carbons (Fsp3) is 0.731. The van der Waals surface area contributed by atoms with Crippen LogP contribution in [0.3, 0.4) is 0 Å². The molecular weight excluding hydrogens is 404 g/mol. The number of carbonyl (C=O) groups excluding carboxylic acids is 1. The molecule has 1 saturated heterocycles. The largest absolute Gasteiger partial charge is 0.486 e. The van der Waals surface area contributed by atoms with Gasteiger partial charge < -0.3 is 24.8 Å². The van der Waals surface area contributed by atoms with Crippen LogP contribution in [0.15, 0.2) is 18.2 Å². The van der Waals surface area contributed by atoms with Gasteiger partial charge in [-0.3, -0.25) is 4.79 Å². The molecule has 1 saturated carbocycles. The molecule has 3 aliphatic rings. The maximum Gasteiger partial charge on any atom is 0.220 e. The van der Waals surface area contributed by atoms with E-state index in [4.69, 9.17) is 9.47 Å². The minimum atomic E-state index is -0.783. The lowest BCUT2D eigenvalue weighted by Gasteiger charge is -2.29. The Hall–Kier alpha value is -1.79. The lowest BCUT2D eigenvalue weighted by Crippen LogP contribution is -2.46. The molecule has 2 aliphatic heterocycles. The summed E-state index contributed by atoms with van der Waals surface area (Å²) < 4.78 is 11.3. The molecule has 178 valence electrons. The number of rotatable bonds is 12. The summed E-state index contributed by atoms with van der Waals surface area (Å²) in [6.45, 7) is 6.15. The van der Waals surface area contributed by atoms with Crippen LogP contribution >= 0.6 is 0 Å². The van der Waals surface area contributed by atoms with Gasteiger partial charge in [0.15, 0.2) is 11.5 Å². The van der Waals surface area contributed by atoms with E-state index in [1.807, 2.05) is 18.2 Å². The van der Waals surface area contributed by atoms with Gasteiger partial charge in [-0.25, -0.2) is 0 Å². The zero-order valence-electron chi connectivity index (χ0n) is 19.6. The number of hydrogen-bond acceptors (Lipinski definition) is 5. The van der Waals surface area contributed by atoms with Crippen LogP contribution in [-0.2, 0) is 4.79 Å². The van der Waals surface area contributed by atoms with Crippen molar-refractivity contribution in [2.45, 2.75) is 76.9 Å². The van der Waals surface area contributed by atoms with Crippen molar-refractivity contribution in [3.63, 3.8) is 0 Å². The molecule has 0 aromatic heterocycles. The van der Waals surface area contributed by atoms with Crippen molar-refractivity contribution < 1.29 is 19.4 Å². The second-order valence-corrected chi connectivity index (χ2v) is 9.94. The predicted octanol–water partition coefficient (Wildman–Crippen LogP) is 4.07. The van der Waals surface area contributed by atoms with Crippen molar-refractivity contribution in [3.8, 4) is 11.5 Å². The Labute approximate surface area is 192 Å². The maximum absolute atomic E-state index is 12.7. The van der Waals surface area contributed by atoms with Gasteiger partial charge in [0, 0.05) is 13.0 Å². The van der Waals surface area contributed by atoms with Crippen molar-refractivity contribution in [3.05, 3.63) is 23.8 Å². The van der Waals surface area contributed by atoms with Gasteiger partial charge in [-0.05, 0) is 74.7 Å². The van der Waals surface area contributed by atoms with Gasteiger partial charge in [0.2, 0.25) is 5.91 Å². The van der Waals surface area contributed by atoms with Crippen LogP contribution in [0.2, 0.25) is 0 Å². The van der Waals surface area contributed by atoms with E-state index < -0.39 is 6.10 Å². The summed E-state index contributed by atoms with van der Waals surface area (Å²) in [7, 11) is 0. The highest BCUT2D eigenvalue weighted by Gasteiger charge is 2.28. The SMILES string of the molecule is CC(CCCCCC(=O)N[C@H](CN1CCCC1)[C@H](O)c1ccc2c(c1)OCCO2)C1CC1. The van der Waals surface area contributed by atoms with Crippen LogP contribution in [0, 0.1) is 11.8 Å². The van der Waals surface area contributed by atoms with Gasteiger partial charge in [0.1, 0.15) is 19.3 Å². The minimum Gasteiger partial charge on any atom is -0.486 e. The Morgan fingerprint density at radius 2 is 1.88 bits per heavy atom. The van der Waals surface area contributed by atoms with Crippen LogP contribution in [0.1, 0.15) is 76.4 Å². The number of fused-ring (bicyclic) bond motifs is 1. The third-order valence-electron chi connectivity index (χ3n) is 7.28. The highest BCUT2D eigenvalue weighted by Crippen LogP contribution is 2.39. The molecule has 2 heterocycles. The molecule has 1 aliphatic carbocycles.